The molecule has 0 aliphatic heterocycles. The standard InChI is InChI=1S/CH5O4Si.Ca.H2O/c1-5-6(2,3)4;;/h2-3H,1H3;;1H2/q-1;+2;/p-1. The van der Waals surface area contributed by atoms with E-state index in [4.69, 9.17) is 9.59 Å². The first-order valence-electron chi connectivity index (χ1n) is 1.26. The first kappa shape index (κ1) is 16.1. The summed E-state index contributed by atoms with van der Waals surface area (Å²) in [7, 11) is -3.42. The molecule has 8 heavy (non-hydrogen) atoms. The predicted octanol–water partition coefficient (Wildman–Crippen LogP) is -3.14. The first-order chi connectivity index (χ1) is 2.56. The summed E-state index contributed by atoms with van der Waals surface area (Å²) in [5, 5.41) is 0. The topological polar surface area (TPSA) is 103 Å². The van der Waals surface area contributed by atoms with Crippen LogP contribution in [0.25, 0.3) is 0 Å². The van der Waals surface area contributed by atoms with Gasteiger partial charge >= 0.3 is 46.8 Å². The summed E-state index contributed by atoms with van der Waals surface area (Å²) in [6, 6.07) is 0. The van der Waals surface area contributed by atoms with Gasteiger partial charge in [-0.1, -0.05) is 0 Å². The second-order valence-corrected chi connectivity index (χ2v) is 2.26. The quantitative estimate of drug-likeness (QED) is 0.401. The minimum atomic E-state index is -4.38. The van der Waals surface area contributed by atoms with Gasteiger partial charge in [-0.25, -0.2) is 0 Å². The van der Waals surface area contributed by atoms with Crippen molar-refractivity contribution in [3.63, 3.8) is 0 Å². The summed E-state index contributed by atoms with van der Waals surface area (Å²) in [5.41, 5.74) is 0. The fourth-order valence-electron chi connectivity index (χ4n) is 0. The normalized spacial score (nSPS) is 9.00. The van der Waals surface area contributed by atoms with Crippen LogP contribution in [-0.4, -0.2) is 69.0 Å². The van der Waals surface area contributed by atoms with E-state index in [1.165, 1.54) is 0 Å². The minimum Gasteiger partial charge on any atom is -0.870 e. The Balaban J connectivity index is -0.000000125. The van der Waals surface area contributed by atoms with Crippen molar-refractivity contribution in [2.45, 2.75) is 0 Å². The maximum atomic E-state index is 9.50. The fourth-order valence-corrected chi connectivity index (χ4v) is 0. The summed E-state index contributed by atoms with van der Waals surface area (Å²) in [6.07, 6.45) is 0. The third-order valence-corrected chi connectivity index (χ3v) is 0.798. The van der Waals surface area contributed by atoms with Crippen LogP contribution in [0.5, 0.6) is 0 Å². The molecule has 0 spiro atoms. The minimum absolute atomic E-state index is 0. The molecule has 0 amide bonds. The van der Waals surface area contributed by atoms with Gasteiger partial charge in [0.2, 0.25) is 0 Å². The third kappa shape index (κ3) is 15.7. The van der Waals surface area contributed by atoms with E-state index in [2.05, 4.69) is 4.43 Å². The summed E-state index contributed by atoms with van der Waals surface area (Å²) in [5.74, 6) is 0. The van der Waals surface area contributed by atoms with Gasteiger partial charge in [0.05, 0.1) is 0 Å². The first-order valence-corrected chi connectivity index (χ1v) is 2.97. The molecule has 0 bridgehead atoms. The summed E-state index contributed by atoms with van der Waals surface area (Å²) in [6.45, 7) is 0. The Kier molecular flexibility index (Phi) is 12.9. The zero-order chi connectivity index (χ0) is 5.21. The number of rotatable bonds is 1. The van der Waals surface area contributed by atoms with Crippen LogP contribution in [0.15, 0.2) is 0 Å². The van der Waals surface area contributed by atoms with Crippen LogP contribution in [-0.2, 0) is 4.43 Å². The van der Waals surface area contributed by atoms with Gasteiger partial charge in [0, 0.05) is 7.11 Å². The average molecular weight is 166 g/mol. The predicted molar refractivity (Wildman–Crippen MR) is 24.9 cm³/mol. The van der Waals surface area contributed by atoms with E-state index in [1.54, 1.807) is 0 Å². The van der Waals surface area contributed by atoms with E-state index in [9.17, 15) is 4.80 Å². The van der Waals surface area contributed by atoms with Crippen LogP contribution in [0.4, 0.5) is 0 Å². The van der Waals surface area contributed by atoms with E-state index in [-0.39, 0.29) is 43.2 Å². The molecule has 46 valence electrons. The van der Waals surface area contributed by atoms with Gasteiger partial charge in [0.25, 0.3) is 0 Å². The molecule has 0 unspecified atom stereocenters. The van der Waals surface area contributed by atoms with Gasteiger partial charge < -0.3 is 24.3 Å². The van der Waals surface area contributed by atoms with Crippen LogP contribution in [0.3, 0.4) is 0 Å². The number of hydrogen-bond acceptors (Lipinski definition) is 5. The van der Waals surface area contributed by atoms with Gasteiger partial charge in [0.15, 0.2) is 0 Å². The van der Waals surface area contributed by atoms with E-state index < -0.39 is 9.05 Å². The molecule has 0 heterocycles. The summed E-state index contributed by atoms with van der Waals surface area (Å²) in [4.78, 5) is 25.0. The van der Waals surface area contributed by atoms with Crippen LogP contribution < -0.4 is 4.80 Å². The van der Waals surface area contributed by atoms with Crippen molar-refractivity contribution >= 4 is 46.8 Å². The van der Waals surface area contributed by atoms with Crippen molar-refractivity contribution in [1.29, 1.82) is 0 Å². The van der Waals surface area contributed by atoms with Crippen molar-refractivity contribution < 1.29 is 24.3 Å². The van der Waals surface area contributed by atoms with Crippen molar-refractivity contribution in [3.05, 3.63) is 0 Å². The average Bonchev–Trinajstić information content (AvgIpc) is 1.35. The summed E-state index contributed by atoms with van der Waals surface area (Å²) < 4.78 is 3.63. The molecule has 0 saturated carbocycles. The second-order valence-electron chi connectivity index (χ2n) is 0.753. The van der Waals surface area contributed by atoms with Crippen molar-refractivity contribution in [2.24, 2.45) is 0 Å². The Morgan fingerprint density at radius 1 is 1.50 bits per heavy atom. The molecule has 5 nitrogen and oxygen atoms in total. The van der Waals surface area contributed by atoms with Gasteiger partial charge in [-0.2, -0.15) is 0 Å². The molecule has 0 fully saturated rings. The molecule has 7 heteroatoms. The molecule has 0 aliphatic rings. The maximum Gasteiger partial charge on any atom is 2.00 e. The zero-order valence-corrected chi connectivity index (χ0v) is 7.57. The molecule has 0 aromatic rings. The monoisotopic (exact) mass is 166 g/mol. The molecule has 0 aromatic carbocycles. The molecular weight excluding hydrogens is 160 g/mol. The zero-order valence-electron chi connectivity index (χ0n) is 4.37. The van der Waals surface area contributed by atoms with Gasteiger partial charge in [0.1, 0.15) is 0 Å². The van der Waals surface area contributed by atoms with Crippen molar-refractivity contribution in [3.8, 4) is 0 Å². The third-order valence-electron chi connectivity index (χ3n) is 0.266. The molecule has 3 N–H and O–H groups in total. The SMILES string of the molecule is CO[Si]([O-])(O)O.[Ca+2].[OH-]. The van der Waals surface area contributed by atoms with E-state index in [1.807, 2.05) is 0 Å². The molecule has 0 atom stereocenters. The van der Waals surface area contributed by atoms with E-state index in [0.717, 1.165) is 7.11 Å². The van der Waals surface area contributed by atoms with E-state index >= 15 is 0 Å². The second kappa shape index (κ2) is 6.40. The van der Waals surface area contributed by atoms with Crippen molar-refractivity contribution in [1.82, 2.24) is 0 Å². The molecule has 0 aromatic heterocycles. The van der Waals surface area contributed by atoms with Gasteiger partial charge in [-0.15, -0.1) is 0 Å². The van der Waals surface area contributed by atoms with Gasteiger partial charge in [-0.3, -0.25) is 0 Å². The van der Waals surface area contributed by atoms with Gasteiger partial charge in [-0.05, 0) is 0 Å². The Hall–Kier alpha value is 1.28. The van der Waals surface area contributed by atoms with E-state index in [0.29, 0.717) is 0 Å². The van der Waals surface area contributed by atoms with Crippen molar-refractivity contribution in [2.75, 3.05) is 7.11 Å². The fraction of sp³-hybridized carbons (Fsp3) is 1.00. The smallest absolute Gasteiger partial charge is 0.870 e. The molecular formula is CH6CaO5Si. The largest absolute Gasteiger partial charge is 2.00 e. The Labute approximate surface area is 77.7 Å². The molecule has 0 aliphatic carbocycles. The van der Waals surface area contributed by atoms with Crippen LogP contribution >= 0.6 is 0 Å². The van der Waals surface area contributed by atoms with Crippen LogP contribution in [0, 0.1) is 0 Å². The molecule has 0 saturated heterocycles. The maximum absolute atomic E-state index is 9.50. The van der Waals surface area contributed by atoms with Crippen LogP contribution in [0.2, 0.25) is 0 Å². The number of hydrogen-bond donors (Lipinski definition) is 2. The van der Waals surface area contributed by atoms with Crippen LogP contribution in [0.1, 0.15) is 0 Å². The molecule has 0 radical (unpaired) electrons. The summed E-state index contributed by atoms with van der Waals surface area (Å²) >= 11 is 0. The Morgan fingerprint density at radius 3 is 1.62 bits per heavy atom. The Morgan fingerprint density at radius 2 is 1.62 bits per heavy atom. The molecule has 0 rings (SSSR count). The Bertz CT molecular complexity index is 42.2.